The predicted molar refractivity (Wildman–Crippen MR) is 62.6 cm³/mol. The number of benzene rings is 1. The lowest BCUT2D eigenvalue weighted by Crippen LogP contribution is -1.95. The first-order chi connectivity index (χ1) is 8.63. The molecule has 0 atom stereocenters. The summed E-state index contributed by atoms with van der Waals surface area (Å²) < 4.78 is 13.2. The van der Waals surface area contributed by atoms with Crippen LogP contribution in [0.1, 0.15) is 22.8 Å². The molecule has 1 aromatic rings. The first-order valence-corrected chi connectivity index (χ1v) is 5.19. The molecule has 1 aliphatic rings. The molecule has 0 bridgehead atoms. The Labute approximate surface area is 103 Å². The van der Waals surface area contributed by atoms with Crippen LogP contribution in [0, 0.1) is 28.5 Å². The predicted octanol–water partition coefficient (Wildman–Crippen LogP) is 2.77. The van der Waals surface area contributed by atoms with E-state index in [0.717, 1.165) is 0 Å². The van der Waals surface area contributed by atoms with Crippen LogP contribution in [0.15, 0.2) is 35.4 Å². The Hall–Kier alpha value is -2.72. The van der Waals surface area contributed by atoms with E-state index in [1.54, 1.807) is 19.1 Å². The second-order valence-corrected chi connectivity index (χ2v) is 3.69. The molecule has 4 heteroatoms. The molecule has 0 spiro atoms. The molecule has 3 nitrogen and oxygen atoms in total. The summed E-state index contributed by atoms with van der Waals surface area (Å²) in [4.78, 5) is 12.0. The second kappa shape index (κ2) is 4.27. The molecule has 2 rings (SSSR count). The number of nitriles is 2. The number of rotatable bonds is 0. The van der Waals surface area contributed by atoms with E-state index in [1.807, 2.05) is 0 Å². The quantitative estimate of drug-likeness (QED) is 0.515. The van der Waals surface area contributed by atoms with Gasteiger partial charge in [0.05, 0.1) is 0 Å². The van der Waals surface area contributed by atoms with Gasteiger partial charge in [0.15, 0.2) is 5.78 Å². The standard InChI is InChI=1S/C14H7FN2O/c1-2-10-13(8(6-16)7-17)12-5-9(15)3-4-11(12)14(10)18/h2-5H,1H3/b10-2-. The van der Waals surface area contributed by atoms with Crippen LogP contribution in [-0.2, 0) is 0 Å². The Kier molecular flexibility index (Phi) is 2.79. The number of carbonyl (C=O) groups is 1. The molecule has 0 fully saturated rings. The van der Waals surface area contributed by atoms with Crippen molar-refractivity contribution in [3.05, 3.63) is 52.4 Å². The summed E-state index contributed by atoms with van der Waals surface area (Å²) in [6.07, 6.45) is 1.53. The molecule has 0 aliphatic heterocycles. The Morgan fingerprint density at radius 2 is 1.94 bits per heavy atom. The maximum atomic E-state index is 13.2. The fraction of sp³-hybridized carbons (Fsp3) is 0.0714. The van der Waals surface area contributed by atoms with Gasteiger partial charge in [-0.2, -0.15) is 10.5 Å². The van der Waals surface area contributed by atoms with E-state index in [0.29, 0.717) is 11.1 Å². The van der Waals surface area contributed by atoms with Crippen molar-refractivity contribution in [2.24, 2.45) is 0 Å². The van der Waals surface area contributed by atoms with Crippen molar-refractivity contribution >= 4 is 11.4 Å². The van der Waals surface area contributed by atoms with E-state index in [9.17, 15) is 9.18 Å². The molecule has 1 aliphatic carbocycles. The van der Waals surface area contributed by atoms with E-state index < -0.39 is 5.82 Å². The molecule has 0 saturated carbocycles. The molecule has 0 saturated heterocycles. The Morgan fingerprint density at radius 3 is 2.50 bits per heavy atom. The molecular formula is C14H7FN2O. The third kappa shape index (κ3) is 1.52. The Balaban J connectivity index is 2.89. The van der Waals surface area contributed by atoms with Crippen molar-refractivity contribution in [2.75, 3.05) is 0 Å². The van der Waals surface area contributed by atoms with Crippen LogP contribution in [0.5, 0.6) is 0 Å². The highest BCUT2D eigenvalue weighted by Crippen LogP contribution is 2.38. The van der Waals surface area contributed by atoms with Gasteiger partial charge in [-0.3, -0.25) is 4.79 Å². The third-order valence-corrected chi connectivity index (χ3v) is 2.77. The highest BCUT2D eigenvalue weighted by molar-refractivity contribution is 6.27. The largest absolute Gasteiger partial charge is 0.289 e. The number of nitrogens with zero attached hydrogens (tertiary/aromatic N) is 2. The second-order valence-electron chi connectivity index (χ2n) is 3.69. The van der Waals surface area contributed by atoms with E-state index in [2.05, 4.69) is 0 Å². The Bertz CT molecular complexity index is 683. The highest BCUT2D eigenvalue weighted by Gasteiger charge is 2.32. The van der Waals surface area contributed by atoms with E-state index in [4.69, 9.17) is 10.5 Å². The lowest BCUT2D eigenvalue weighted by Gasteiger charge is -2.00. The zero-order chi connectivity index (χ0) is 13.3. The summed E-state index contributed by atoms with van der Waals surface area (Å²) in [5, 5.41) is 17.8. The topological polar surface area (TPSA) is 64.7 Å². The first kappa shape index (κ1) is 11.8. The number of carbonyl (C=O) groups excluding carboxylic acids is 1. The molecule has 0 N–H and O–H groups in total. The fourth-order valence-electron chi connectivity index (χ4n) is 2.01. The van der Waals surface area contributed by atoms with Gasteiger partial charge in [0.1, 0.15) is 23.5 Å². The third-order valence-electron chi connectivity index (χ3n) is 2.77. The fourth-order valence-corrected chi connectivity index (χ4v) is 2.01. The average Bonchev–Trinajstić information content (AvgIpc) is 2.64. The van der Waals surface area contributed by atoms with Crippen molar-refractivity contribution in [1.82, 2.24) is 0 Å². The average molecular weight is 238 g/mol. The van der Waals surface area contributed by atoms with Gasteiger partial charge in [-0.25, -0.2) is 4.39 Å². The van der Waals surface area contributed by atoms with Gasteiger partial charge in [-0.15, -0.1) is 0 Å². The summed E-state index contributed by atoms with van der Waals surface area (Å²) in [6.45, 7) is 1.64. The SMILES string of the molecule is C/C=C1\C(=O)c2ccc(F)cc2C1=C(C#N)C#N. The molecular weight excluding hydrogens is 231 g/mol. The number of halogens is 1. The maximum Gasteiger partial charge on any atom is 0.194 e. The minimum Gasteiger partial charge on any atom is -0.289 e. The molecule has 18 heavy (non-hydrogen) atoms. The number of hydrogen-bond donors (Lipinski definition) is 0. The van der Waals surface area contributed by atoms with E-state index >= 15 is 0 Å². The van der Waals surface area contributed by atoms with Crippen LogP contribution in [0.2, 0.25) is 0 Å². The minimum absolute atomic E-state index is 0.180. The molecule has 0 unspecified atom stereocenters. The number of hydrogen-bond acceptors (Lipinski definition) is 3. The number of fused-ring (bicyclic) bond motifs is 1. The van der Waals surface area contributed by atoms with Crippen LogP contribution in [-0.4, -0.2) is 5.78 Å². The lowest BCUT2D eigenvalue weighted by molar-refractivity contribution is 0.104. The normalized spacial score (nSPS) is 15.2. The van der Waals surface area contributed by atoms with Gasteiger partial charge in [-0.1, -0.05) is 6.08 Å². The monoisotopic (exact) mass is 238 g/mol. The van der Waals surface area contributed by atoms with Crippen LogP contribution in [0.3, 0.4) is 0 Å². The van der Waals surface area contributed by atoms with Crippen molar-refractivity contribution in [3.63, 3.8) is 0 Å². The van der Waals surface area contributed by atoms with Crippen molar-refractivity contribution in [2.45, 2.75) is 6.92 Å². The van der Waals surface area contributed by atoms with Gasteiger partial charge in [0.2, 0.25) is 0 Å². The molecule has 1 aromatic carbocycles. The molecule has 0 amide bonds. The molecule has 0 aromatic heterocycles. The summed E-state index contributed by atoms with van der Waals surface area (Å²) in [5.41, 5.74) is 0.949. The summed E-state index contributed by atoms with van der Waals surface area (Å²) in [5.74, 6) is -0.794. The van der Waals surface area contributed by atoms with Crippen LogP contribution < -0.4 is 0 Å². The van der Waals surface area contributed by atoms with E-state index in [-0.39, 0.29) is 22.5 Å². The van der Waals surface area contributed by atoms with Gasteiger partial charge >= 0.3 is 0 Å². The molecule has 0 heterocycles. The van der Waals surface area contributed by atoms with Gasteiger partial charge in [0, 0.05) is 16.7 Å². The highest BCUT2D eigenvalue weighted by atomic mass is 19.1. The van der Waals surface area contributed by atoms with Gasteiger partial charge in [-0.05, 0) is 30.7 Å². The molecule has 86 valence electrons. The zero-order valence-electron chi connectivity index (χ0n) is 9.49. The van der Waals surface area contributed by atoms with Crippen LogP contribution >= 0.6 is 0 Å². The molecule has 0 radical (unpaired) electrons. The minimum atomic E-state index is -0.508. The summed E-state index contributed by atoms with van der Waals surface area (Å²) in [6, 6.07) is 7.21. The maximum absolute atomic E-state index is 13.2. The van der Waals surface area contributed by atoms with Crippen LogP contribution in [0.4, 0.5) is 4.39 Å². The lowest BCUT2D eigenvalue weighted by atomic mass is 10.00. The van der Waals surface area contributed by atoms with Gasteiger partial charge in [0.25, 0.3) is 0 Å². The van der Waals surface area contributed by atoms with Crippen LogP contribution in [0.25, 0.3) is 5.57 Å². The van der Waals surface area contributed by atoms with Crippen molar-refractivity contribution in [3.8, 4) is 12.1 Å². The zero-order valence-corrected chi connectivity index (χ0v) is 9.49. The Morgan fingerprint density at radius 1 is 1.28 bits per heavy atom. The van der Waals surface area contributed by atoms with Crippen molar-refractivity contribution < 1.29 is 9.18 Å². The number of ketones is 1. The van der Waals surface area contributed by atoms with E-state index in [1.165, 1.54) is 24.3 Å². The number of allylic oxidation sites excluding steroid dienone is 4. The smallest absolute Gasteiger partial charge is 0.194 e. The van der Waals surface area contributed by atoms with Crippen molar-refractivity contribution in [1.29, 1.82) is 10.5 Å². The summed E-state index contributed by atoms with van der Waals surface area (Å²) >= 11 is 0. The summed E-state index contributed by atoms with van der Waals surface area (Å²) in [7, 11) is 0. The van der Waals surface area contributed by atoms with Gasteiger partial charge < -0.3 is 0 Å². The first-order valence-electron chi connectivity index (χ1n) is 5.19. The number of Topliss-reactive ketones (excluding diaryl/α,β-unsaturated/α-hetero) is 1.